The van der Waals surface area contributed by atoms with Crippen LogP contribution in [0.4, 0.5) is 9.52 Å². The van der Waals surface area contributed by atoms with Gasteiger partial charge in [-0.3, -0.25) is 14.7 Å². The van der Waals surface area contributed by atoms with Crippen LogP contribution < -0.4 is 9.64 Å². The molecule has 0 bridgehead atoms. The van der Waals surface area contributed by atoms with Gasteiger partial charge in [0.1, 0.15) is 11.6 Å². The second kappa shape index (κ2) is 8.79. The molecule has 2 aromatic heterocycles. The lowest BCUT2D eigenvalue weighted by atomic mass is 10.2. The number of halogens is 1. The summed E-state index contributed by atoms with van der Waals surface area (Å²) >= 11 is 1.36. The van der Waals surface area contributed by atoms with Crippen molar-refractivity contribution in [2.45, 2.75) is 13.0 Å². The highest BCUT2D eigenvalue weighted by molar-refractivity contribution is 7.22. The monoisotopic (exact) mass is 407 g/mol. The van der Waals surface area contributed by atoms with E-state index in [1.54, 1.807) is 23.4 Å². The van der Waals surface area contributed by atoms with Crippen LogP contribution in [-0.2, 0) is 11.3 Å². The van der Waals surface area contributed by atoms with Crippen LogP contribution in [0.15, 0.2) is 73.1 Å². The van der Waals surface area contributed by atoms with Crippen molar-refractivity contribution in [3.8, 4) is 5.75 Å². The first-order valence-corrected chi connectivity index (χ1v) is 9.94. The molecule has 0 saturated heterocycles. The minimum atomic E-state index is -0.351. The predicted octanol–water partition coefficient (Wildman–Crippen LogP) is 4.83. The van der Waals surface area contributed by atoms with Gasteiger partial charge in [-0.15, -0.1) is 0 Å². The van der Waals surface area contributed by atoms with E-state index in [1.165, 1.54) is 23.5 Å². The van der Waals surface area contributed by atoms with E-state index in [0.29, 0.717) is 17.2 Å². The standard InChI is InChI=1S/C22H18FN3O2S/c23-17-8-9-20-19(13-17)25-22(29-20)26(15-16-5-4-11-24-14-16)21(27)10-12-28-18-6-2-1-3-7-18/h1-9,11,13-14H,10,12,15H2. The Morgan fingerprint density at radius 1 is 1.10 bits per heavy atom. The summed E-state index contributed by atoms with van der Waals surface area (Å²) in [4.78, 5) is 23.2. The molecule has 0 N–H and O–H groups in total. The molecule has 0 aliphatic heterocycles. The summed E-state index contributed by atoms with van der Waals surface area (Å²) in [6.07, 6.45) is 3.59. The maximum absolute atomic E-state index is 13.5. The summed E-state index contributed by atoms with van der Waals surface area (Å²) in [6, 6.07) is 17.5. The van der Waals surface area contributed by atoms with Crippen molar-refractivity contribution < 1.29 is 13.9 Å². The summed E-state index contributed by atoms with van der Waals surface area (Å²) in [5.74, 6) is 0.245. The third-order valence-electron chi connectivity index (χ3n) is 4.26. The Bertz CT molecular complexity index is 1100. The zero-order chi connectivity index (χ0) is 20.1. The molecule has 0 aliphatic carbocycles. The maximum Gasteiger partial charge on any atom is 0.232 e. The number of thiazole rings is 1. The van der Waals surface area contributed by atoms with Gasteiger partial charge in [-0.25, -0.2) is 9.37 Å². The first kappa shape index (κ1) is 19.0. The van der Waals surface area contributed by atoms with Crippen molar-refractivity contribution in [1.82, 2.24) is 9.97 Å². The Hall–Kier alpha value is -3.32. The molecule has 7 heteroatoms. The van der Waals surface area contributed by atoms with Crippen LogP contribution in [0.1, 0.15) is 12.0 Å². The average molecular weight is 407 g/mol. The molecular weight excluding hydrogens is 389 g/mol. The van der Waals surface area contributed by atoms with Crippen molar-refractivity contribution in [3.05, 3.63) is 84.4 Å². The molecule has 2 aromatic carbocycles. The number of fused-ring (bicyclic) bond motifs is 1. The van der Waals surface area contributed by atoms with Gasteiger partial charge < -0.3 is 4.74 Å². The molecule has 0 radical (unpaired) electrons. The van der Waals surface area contributed by atoms with Crippen LogP contribution in [0, 0.1) is 5.82 Å². The molecule has 0 aliphatic rings. The first-order chi connectivity index (χ1) is 14.2. The van der Waals surface area contributed by atoms with Crippen LogP contribution in [0.2, 0.25) is 0 Å². The molecule has 0 atom stereocenters. The zero-order valence-corrected chi connectivity index (χ0v) is 16.3. The summed E-state index contributed by atoms with van der Waals surface area (Å²) in [5.41, 5.74) is 1.42. The zero-order valence-electron chi connectivity index (χ0n) is 15.5. The van der Waals surface area contributed by atoms with Gasteiger partial charge in [0.2, 0.25) is 5.91 Å². The lowest BCUT2D eigenvalue weighted by Crippen LogP contribution is -2.31. The number of rotatable bonds is 7. The Morgan fingerprint density at radius 2 is 1.97 bits per heavy atom. The quantitative estimate of drug-likeness (QED) is 0.440. The van der Waals surface area contributed by atoms with Crippen LogP contribution in [-0.4, -0.2) is 22.5 Å². The number of anilines is 1. The molecule has 1 amide bonds. The number of nitrogens with zero attached hydrogens (tertiary/aromatic N) is 3. The van der Waals surface area contributed by atoms with Crippen LogP contribution >= 0.6 is 11.3 Å². The Morgan fingerprint density at radius 3 is 2.76 bits per heavy atom. The Labute approximate surface area is 171 Å². The first-order valence-electron chi connectivity index (χ1n) is 9.12. The summed E-state index contributed by atoms with van der Waals surface area (Å²) in [6.45, 7) is 0.590. The number of carbonyl (C=O) groups is 1. The minimum Gasteiger partial charge on any atom is -0.493 e. The number of ether oxygens (including phenoxy) is 1. The molecule has 5 nitrogen and oxygen atoms in total. The van der Waals surface area contributed by atoms with Gasteiger partial charge in [0, 0.05) is 18.5 Å². The number of hydrogen-bond acceptors (Lipinski definition) is 5. The van der Waals surface area contributed by atoms with Gasteiger partial charge in [-0.2, -0.15) is 0 Å². The van der Waals surface area contributed by atoms with Crippen molar-refractivity contribution in [3.63, 3.8) is 0 Å². The second-order valence-corrected chi connectivity index (χ2v) is 7.37. The van der Waals surface area contributed by atoms with E-state index in [1.807, 2.05) is 42.5 Å². The third kappa shape index (κ3) is 4.75. The van der Waals surface area contributed by atoms with E-state index in [4.69, 9.17) is 4.74 Å². The second-order valence-electron chi connectivity index (χ2n) is 6.36. The van der Waals surface area contributed by atoms with Gasteiger partial charge in [0.05, 0.1) is 29.8 Å². The van der Waals surface area contributed by atoms with E-state index < -0.39 is 0 Å². The van der Waals surface area contributed by atoms with E-state index in [0.717, 1.165) is 16.0 Å². The number of para-hydroxylation sites is 1. The molecule has 0 spiro atoms. The van der Waals surface area contributed by atoms with Crippen molar-refractivity contribution in [1.29, 1.82) is 0 Å². The normalized spacial score (nSPS) is 10.8. The maximum atomic E-state index is 13.5. The van der Waals surface area contributed by atoms with E-state index >= 15 is 0 Å². The molecular formula is C22H18FN3O2S. The van der Waals surface area contributed by atoms with Gasteiger partial charge in [-0.1, -0.05) is 35.6 Å². The molecule has 2 heterocycles. The Kier molecular flexibility index (Phi) is 5.76. The fraction of sp³-hybridized carbons (Fsp3) is 0.136. The van der Waals surface area contributed by atoms with Crippen LogP contribution in [0.3, 0.4) is 0 Å². The van der Waals surface area contributed by atoms with Gasteiger partial charge in [-0.05, 0) is 35.9 Å². The number of aromatic nitrogens is 2. The predicted molar refractivity (Wildman–Crippen MR) is 112 cm³/mol. The number of pyridine rings is 1. The topological polar surface area (TPSA) is 55.3 Å². The third-order valence-corrected chi connectivity index (χ3v) is 5.32. The fourth-order valence-corrected chi connectivity index (χ4v) is 3.81. The average Bonchev–Trinajstić information content (AvgIpc) is 3.16. The number of carbonyl (C=O) groups excluding carboxylic acids is 1. The van der Waals surface area contributed by atoms with Crippen LogP contribution in [0.25, 0.3) is 10.2 Å². The SMILES string of the molecule is O=C(CCOc1ccccc1)N(Cc1cccnc1)c1nc2cc(F)ccc2s1. The molecule has 0 unspecified atom stereocenters. The van der Waals surface area contributed by atoms with Gasteiger partial charge in [0.15, 0.2) is 5.13 Å². The van der Waals surface area contributed by atoms with Crippen LogP contribution in [0.5, 0.6) is 5.75 Å². The molecule has 4 aromatic rings. The molecule has 29 heavy (non-hydrogen) atoms. The highest BCUT2D eigenvalue weighted by atomic mass is 32.1. The number of benzene rings is 2. The summed E-state index contributed by atoms with van der Waals surface area (Å²) in [7, 11) is 0. The lowest BCUT2D eigenvalue weighted by Gasteiger charge is -2.20. The van der Waals surface area contributed by atoms with Gasteiger partial charge in [0.25, 0.3) is 0 Å². The minimum absolute atomic E-state index is 0.121. The van der Waals surface area contributed by atoms with Crippen molar-refractivity contribution >= 4 is 32.6 Å². The lowest BCUT2D eigenvalue weighted by molar-refractivity contribution is -0.119. The highest BCUT2D eigenvalue weighted by Crippen LogP contribution is 2.30. The molecule has 0 saturated carbocycles. The van der Waals surface area contributed by atoms with Crippen molar-refractivity contribution in [2.75, 3.05) is 11.5 Å². The largest absolute Gasteiger partial charge is 0.493 e. The van der Waals surface area contributed by atoms with Gasteiger partial charge >= 0.3 is 0 Å². The molecule has 0 fully saturated rings. The number of hydrogen-bond donors (Lipinski definition) is 0. The summed E-state index contributed by atoms with van der Waals surface area (Å²) in [5, 5.41) is 0.527. The Balaban J connectivity index is 1.54. The summed E-state index contributed by atoms with van der Waals surface area (Å²) < 4.78 is 20.0. The molecule has 4 rings (SSSR count). The van der Waals surface area contributed by atoms with E-state index in [2.05, 4.69) is 9.97 Å². The highest BCUT2D eigenvalue weighted by Gasteiger charge is 2.20. The smallest absolute Gasteiger partial charge is 0.232 e. The van der Waals surface area contributed by atoms with E-state index in [-0.39, 0.29) is 24.8 Å². The van der Waals surface area contributed by atoms with Crippen molar-refractivity contribution in [2.24, 2.45) is 0 Å². The molecule has 146 valence electrons. The fourth-order valence-electron chi connectivity index (χ4n) is 2.85. The van der Waals surface area contributed by atoms with E-state index in [9.17, 15) is 9.18 Å². The number of amides is 1.